The fourth-order valence-electron chi connectivity index (χ4n) is 3.16. The molecule has 0 radical (unpaired) electrons. The molecule has 0 aromatic rings. The van der Waals surface area contributed by atoms with E-state index >= 15 is 0 Å². The first-order valence-corrected chi connectivity index (χ1v) is 6.52. The number of nitrogens with one attached hydrogen (secondary N) is 1. The highest BCUT2D eigenvalue weighted by Crippen LogP contribution is 2.55. The van der Waals surface area contributed by atoms with Crippen molar-refractivity contribution < 1.29 is 0 Å². The van der Waals surface area contributed by atoms with Crippen LogP contribution in [0.15, 0.2) is 0 Å². The molecule has 0 saturated heterocycles. The van der Waals surface area contributed by atoms with Crippen LogP contribution in [0, 0.1) is 30.1 Å². The van der Waals surface area contributed by atoms with Gasteiger partial charge < -0.3 is 5.32 Å². The third-order valence-electron chi connectivity index (χ3n) is 4.11. The highest BCUT2D eigenvalue weighted by molar-refractivity contribution is 5.00. The van der Waals surface area contributed by atoms with Gasteiger partial charge in [-0.2, -0.15) is 0 Å². The van der Waals surface area contributed by atoms with Gasteiger partial charge in [0.05, 0.1) is 0 Å². The minimum Gasteiger partial charge on any atom is -0.314 e. The van der Waals surface area contributed by atoms with Gasteiger partial charge in [-0.05, 0) is 56.4 Å². The van der Waals surface area contributed by atoms with Crippen molar-refractivity contribution in [1.82, 2.24) is 5.32 Å². The van der Waals surface area contributed by atoms with Crippen molar-refractivity contribution in [3.05, 3.63) is 0 Å². The van der Waals surface area contributed by atoms with Gasteiger partial charge in [0.1, 0.15) is 0 Å². The SMILES string of the molecule is C#CCCC(NCCC)C1CC2CC2C1. The van der Waals surface area contributed by atoms with Crippen LogP contribution in [0.2, 0.25) is 0 Å². The highest BCUT2D eigenvalue weighted by atomic mass is 14.9. The molecular formula is C14H23N. The smallest absolute Gasteiger partial charge is 0.0105 e. The van der Waals surface area contributed by atoms with E-state index in [-0.39, 0.29) is 0 Å². The second-order valence-corrected chi connectivity index (χ2v) is 5.29. The van der Waals surface area contributed by atoms with Crippen LogP contribution in [0.3, 0.4) is 0 Å². The minimum atomic E-state index is 0.703. The average molecular weight is 205 g/mol. The molecule has 0 aliphatic heterocycles. The van der Waals surface area contributed by atoms with Gasteiger partial charge in [0.2, 0.25) is 0 Å². The Hall–Kier alpha value is -0.480. The molecule has 2 rings (SSSR count). The summed E-state index contributed by atoms with van der Waals surface area (Å²) >= 11 is 0. The van der Waals surface area contributed by atoms with Crippen LogP contribution in [-0.4, -0.2) is 12.6 Å². The summed E-state index contributed by atoms with van der Waals surface area (Å²) in [5.41, 5.74) is 0. The molecule has 2 aliphatic rings. The predicted molar refractivity (Wildman–Crippen MR) is 64.5 cm³/mol. The zero-order valence-electron chi connectivity index (χ0n) is 9.84. The van der Waals surface area contributed by atoms with E-state index in [4.69, 9.17) is 6.42 Å². The van der Waals surface area contributed by atoms with Crippen LogP contribution in [0.1, 0.15) is 45.4 Å². The highest BCUT2D eigenvalue weighted by Gasteiger charge is 2.47. The Morgan fingerprint density at radius 2 is 2.07 bits per heavy atom. The number of hydrogen-bond donors (Lipinski definition) is 1. The van der Waals surface area contributed by atoms with Crippen molar-refractivity contribution in [3.63, 3.8) is 0 Å². The molecule has 15 heavy (non-hydrogen) atoms. The summed E-state index contributed by atoms with van der Waals surface area (Å²) in [6.45, 7) is 3.39. The van der Waals surface area contributed by atoms with E-state index in [0.29, 0.717) is 6.04 Å². The Morgan fingerprint density at radius 3 is 2.67 bits per heavy atom. The first-order chi connectivity index (χ1) is 7.35. The third-order valence-corrected chi connectivity index (χ3v) is 4.11. The molecule has 0 aromatic carbocycles. The zero-order valence-corrected chi connectivity index (χ0v) is 9.84. The second kappa shape index (κ2) is 5.03. The van der Waals surface area contributed by atoms with E-state index < -0.39 is 0 Å². The van der Waals surface area contributed by atoms with E-state index in [2.05, 4.69) is 18.2 Å². The van der Waals surface area contributed by atoms with E-state index in [0.717, 1.165) is 30.7 Å². The predicted octanol–water partition coefficient (Wildman–Crippen LogP) is 2.81. The van der Waals surface area contributed by atoms with Gasteiger partial charge in [0, 0.05) is 12.5 Å². The summed E-state index contributed by atoms with van der Waals surface area (Å²) < 4.78 is 0. The van der Waals surface area contributed by atoms with Gasteiger partial charge in [-0.25, -0.2) is 0 Å². The third kappa shape index (κ3) is 2.75. The summed E-state index contributed by atoms with van der Waals surface area (Å²) in [5, 5.41) is 3.69. The Bertz CT molecular complexity index is 230. The molecule has 3 unspecified atom stereocenters. The van der Waals surface area contributed by atoms with E-state index in [1.807, 2.05) is 0 Å². The Kier molecular flexibility index (Phi) is 3.70. The van der Waals surface area contributed by atoms with Crippen molar-refractivity contribution in [2.75, 3.05) is 6.54 Å². The monoisotopic (exact) mass is 205 g/mol. The maximum absolute atomic E-state index is 5.36. The van der Waals surface area contributed by atoms with Crippen molar-refractivity contribution in [2.24, 2.45) is 17.8 Å². The van der Waals surface area contributed by atoms with E-state index in [1.54, 1.807) is 0 Å². The number of hydrogen-bond acceptors (Lipinski definition) is 1. The summed E-state index contributed by atoms with van der Waals surface area (Å²) in [4.78, 5) is 0. The molecule has 0 spiro atoms. The summed E-state index contributed by atoms with van der Waals surface area (Å²) in [5.74, 6) is 5.88. The fraction of sp³-hybridized carbons (Fsp3) is 0.857. The quantitative estimate of drug-likeness (QED) is 0.657. The molecule has 1 nitrogen and oxygen atoms in total. The number of fused-ring (bicyclic) bond motifs is 1. The van der Waals surface area contributed by atoms with E-state index in [9.17, 15) is 0 Å². The lowest BCUT2D eigenvalue weighted by Crippen LogP contribution is -2.36. The normalized spacial score (nSPS) is 34.5. The van der Waals surface area contributed by atoms with Crippen molar-refractivity contribution >= 4 is 0 Å². The van der Waals surface area contributed by atoms with Crippen LogP contribution >= 0.6 is 0 Å². The molecule has 2 saturated carbocycles. The zero-order chi connectivity index (χ0) is 10.7. The molecule has 1 N–H and O–H groups in total. The molecule has 2 aliphatic carbocycles. The molecule has 1 heteroatoms. The first kappa shape index (κ1) is 11.0. The molecule has 0 bridgehead atoms. The lowest BCUT2D eigenvalue weighted by atomic mass is 9.91. The molecule has 3 atom stereocenters. The fourth-order valence-corrected chi connectivity index (χ4v) is 3.16. The van der Waals surface area contributed by atoms with E-state index in [1.165, 1.54) is 32.1 Å². The standard InChI is InChI=1S/C14H23N/c1-3-5-6-14(15-7-4-2)13-9-11-8-12(11)10-13/h1,11-15H,4-10H2,2H3. The van der Waals surface area contributed by atoms with Gasteiger partial charge in [0.15, 0.2) is 0 Å². The van der Waals surface area contributed by atoms with Crippen LogP contribution < -0.4 is 5.32 Å². The number of rotatable bonds is 6. The van der Waals surface area contributed by atoms with Gasteiger partial charge in [-0.15, -0.1) is 12.3 Å². The molecule has 0 aromatic heterocycles. The van der Waals surface area contributed by atoms with Crippen molar-refractivity contribution in [2.45, 2.75) is 51.5 Å². The number of terminal acetylenes is 1. The maximum atomic E-state index is 5.36. The molecule has 0 amide bonds. The largest absolute Gasteiger partial charge is 0.314 e. The average Bonchev–Trinajstić information content (AvgIpc) is 2.86. The molecule has 2 fully saturated rings. The van der Waals surface area contributed by atoms with Crippen LogP contribution in [-0.2, 0) is 0 Å². The van der Waals surface area contributed by atoms with Crippen LogP contribution in [0.4, 0.5) is 0 Å². The Balaban J connectivity index is 1.78. The molecule has 84 valence electrons. The van der Waals surface area contributed by atoms with Crippen molar-refractivity contribution in [1.29, 1.82) is 0 Å². The van der Waals surface area contributed by atoms with Gasteiger partial charge in [-0.3, -0.25) is 0 Å². The van der Waals surface area contributed by atoms with Gasteiger partial charge >= 0.3 is 0 Å². The van der Waals surface area contributed by atoms with Crippen LogP contribution in [0.5, 0.6) is 0 Å². The summed E-state index contributed by atoms with van der Waals surface area (Å²) in [7, 11) is 0. The first-order valence-electron chi connectivity index (χ1n) is 6.52. The second-order valence-electron chi connectivity index (χ2n) is 5.29. The van der Waals surface area contributed by atoms with Crippen molar-refractivity contribution in [3.8, 4) is 12.3 Å². The van der Waals surface area contributed by atoms with Gasteiger partial charge in [-0.1, -0.05) is 6.92 Å². The lowest BCUT2D eigenvalue weighted by molar-refractivity contribution is 0.321. The maximum Gasteiger partial charge on any atom is 0.0105 e. The Morgan fingerprint density at radius 1 is 1.33 bits per heavy atom. The van der Waals surface area contributed by atoms with Crippen LogP contribution in [0.25, 0.3) is 0 Å². The molecule has 0 heterocycles. The topological polar surface area (TPSA) is 12.0 Å². The lowest BCUT2D eigenvalue weighted by Gasteiger charge is -2.25. The summed E-state index contributed by atoms with van der Waals surface area (Å²) in [6, 6.07) is 0.703. The molecular weight excluding hydrogens is 182 g/mol. The van der Waals surface area contributed by atoms with Gasteiger partial charge in [0.25, 0.3) is 0 Å². The minimum absolute atomic E-state index is 0.703. The summed E-state index contributed by atoms with van der Waals surface area (Å²) in [6.07, 6.45) is 13.2. The Labute approximate surface area is 94.0 Å².